The normalized spacial score (nSPS) is 11.5. The Hall–Kier alpha value is -2.51. The number of ketones is 1. The molecule has 0 aromatic heterocycles. The highest BCUT2D eigenvalue weighted by Crippen LogP contribution is 2.24. The molecular weight excluding hydrogens is 400 g/mol. The average molecular weight is 431 g/mol. The second kappa shape index (κ2) is 10.5. The summed E-state index contributed by atoms with van der Waals surface area (Å²) in [5.41, 5.74) is 2.75. The number of sulfonamides is 1. The first-order chi connectivity index (χ1) is 14.2. The Balaban J connectivity index is 2.05. The lowest BCUT2D eigenvalue weighted by atomic mass is 10.0. The van der Waals surface area contributed by atoms with Crippen LogP contribution in [0.4, 0.5) is 5.69 Å². The van der Waals surface area contributed by atoms with Gasteiger partial charge in [0.05, 0.1) is 4.90 Å². The van der Waals surface area contributed by atoms with Gasteiger partial charge in [-0.15, -0.1) is 0 Å². The fraction of sp³-hybridized carbons (Fsp3) is 0.391. The molecule has 7 heteroatoms. The number of carbonyl (C=O) groups is 2. The van der Waals surface area contributed by atoms with Crippen LogP contribution >= 0.6 is 0 Å². The van der Waals surface area contributed by atoms with Gasteiger partial charge in [0, 0.05) is 37.2 Å². The molecule has 30 heavy (non-hydrogen) atoms. The van der Waals surface area contributed by atoms with E-state index in [2.05, 4.69) is 5.32 Å². The van der Waals surface area contributed by atoms with Crippen LogP contribution in [0, 0.1) is 6.92 Å². The average Bonchev–Trinajstić information content (AvgIpc) is 2.74. The van der Waals surface area contributed by atoms with Crippen LogP contribution in [0.1, 0.15) is 55.1 Å². The van der Waals surface area contributed by atoms with Crippen LogP contribution in [0.5, 0.6) is 0 Å². The summed E-state index contributed by atoms with van der Waals surface area (Å²) >= 11 is 0. The van der Waals surface area contributed by atoms with E-state index in [4.69, 9.17) is 0 Å². The van der Waals surface area contributed by atoms with E-state index in [1.165, 1.54) is 10.4 Å². The Morgan fingerprint density at radius 2 is 1.57 bits per heavy atom. The molecular formula is C23H30N2O4S. The van der Waals surface area contributed by atoms with Gasteiger partial charge in [-0.3, -0.25) is 9.59 Å². The van der Waals surface area contributed by atoms with Crippen molar-refractivity contribution in [2.24, 2.45) is 0 Å². The van der Waals surface area contributed by atoms with Crippen molar-refractivity contribution < 1.29 is 18.0 Å². The second-order valence-electron chi connectivity index (χ2n) is 7.09. The number of carbonyl (C=O) groups excluding carboxylic acids is 2. The molecule has 6 nitrogen and oxygen atoms in total. The third-order valence-corrected chi connectivity index (χ3v) is 7.25. The summed E-state index contributed by atoms with van der Waals surface area (Å²) in [7, 11) is -3.63. The highest BCUT2D eigenvalue weighted by Gasteiger charge is 2.24. The Bertz CT molecular complexity index is 994. The van der Waals surface area contributed by atoms with Crippen LogP contribution in [0.25, 0.3) is 0 Å². The minimum Gasteiger partial charge on any atom is -0.326 e. The zero-order valence-corrected chi connectivity index (χ0v) is 18.9. The van der Waals surface area contributed by atoms with Crippen LogP contribution in [-0.2, 0) is 21.2 Å². The second-order valence-corrected chi connectivity index (χ2v) is 9.00. The van der Waals surface area contributed by atoms with E-state index in [0.29, 0.717) is 29.9 Å². The number of hydrogen-bond acceptors (Lipinski definition) is 4. The highest BCUT2D eigenvalue weighted by atomic mass is 32.2. The fourth-order valence-electron chi connectivity index (χ4n) is 3.18. The van der Waals surface area contributed by atoms with E-state index in [1.807, 2.05) is 19.1 Å². The van der Waals surface area contributed by atoms with Crippen molar-refractivity contribution in [1.82, 2.24) is 4.31 Å². The van der Waals surface area contributed by atoms with Gasteiger partial charge in [0.25, 0.3) is 0 Å². The van der Waals surface area contributed by atoms with E-state index in [0.717, 1.165) is 12.0 Å². The predicted molar refractivity (Wildman–Crippen MR) is 119 cm³/mol. The summed E-state index contributed by atoms with van der Waals surface area (Å²) in [6.45, 7) is 8.09. The number of nitrogens with one attached hydrogen (secondary N) is 1. The van der Waals surface area contributed by atoms with Gasteiger partial charge in [-0.05, 0) is 36.6 Å². The molecule has 0 aliphatic rings. The van der Waals surface area contributed by atoms with Crippen molar-refractivity contribution in [1.29, 1.82) is 0 Å². The Labute approximate surface area is 179 Å². The third-order valence-electron chi connectivity index (χ3n) is 5.06. The van der Waals surface area contributed by atoms with Crippen molar-refractivity contribution in [3.63, 3.8) is 0 Å². The van der Waals surface area contributed by atoms with Crippen molar-refractivity contribution >= 4 is 27.4 Å². The zero-order valence-electron chi connectivity index (χ0n) is 18.1. The maximum atomic E-state index is 12.8. The number of nitrogens with zero attached hydrogens (tertiary/aromatic N) is 1. The number of rotatable bonds is 10. The molecule has 0 aliphatic carbocycles. The first-order valence-electron chi connectivity index (χ1n) is 10.3. The standard InChI is InChI=1S/C23H30N2O4S/c1-5-18-9-11-19(12-10-18)21(26)14-15-23(27)24-20-13-8-17(4)22(16-20)30(28,29)25(6-2)7-3/h8-13,16H,5-7,14-15H2,1-4H3,(H,24,27). The van der Waals surface area contributed by atoms with E-state index < -0.39 is 10.0 Å². The number of amides is 1. The van der Waals surface area contributed by atoms with Gasteiger partial charge in [0.15, 0.2) is 5.78 Å². The maximum Gasteiger partial charge on any atom is 0.243 e. The van der Waals surface area contributed by atoms with Gasteiger partial charge in [-0.25, -0.2) is 8.42 Å². The van der Waals surface area contributed by atoms with Crippen molar-refractivity contribution in [2.75, 3.05) is 18.4 Å². The molecule has 2 rings (SSSR count). The quantitative estimate of drug-likeness (QED) is 0.573. The number of benzene rings is 2. The molecule has 0 unspecified atom stereocenters. The number of hydrogen-bond donors (Lipinski definition) is 1. The van der Waals surface area contributed by atoms with Crippen LogP contribution in [0.2, 0.25) is 0 Å². The number of anilines is 1. The minimum atomic E-state index is -3.63. The third kappa shape index (κ3) is 5.77. The smallest absolute Gasteiger partial charge is 0.243 e. The molecule has 1 N–H and O–H groups in total. The summed E-state index contributed by atoms with van der Waals surface area (Å²) in [4.78, 5) is 24.8. The lowest BCUT2D eigenvalue weighted by molar-refractivity contribution is -0.116. The van der Waals surface area contributed by atoms with Crippen molar-refractivity contribution in [3.05, 3.63) is 59.2 Å². The van der Waals surface area contributed by atoms with Crippen LogP contribution in [-0.4, -0.2) is 37.5 Å². The first kappa shape index (κ1) is 23.8. The molecule has 0 spiro atoms. The van der Waals surface area contributed by atoms with Gasteiger partial charge in [0.2, 0.25) is 15.9 Å². The van der Waals surface area contributed by atoms with Gasteiger partial charge in [0.1, 0.15) is 0 Å². The molecule has 0 saturated heterocycles. The molecule has 0 bridgehead atoms. The summed E-state index contributed by atoms with van der Waals surface area (Å²) in [6, 6.07) is 12.2. The lowest BCUT2D eigenvalue weighted by Crippen LogP contribution is -2.31. The Kier molecular flexibility index (Phi) is 8.32. The predicted octanol–water partition coefficient (Wildman–Crippen LogP) is 4.19. The summed E-state index contributed by atoms with van der Waals surface area (Å²) in [5, 5.41) is 2.71. The lowest BCUT2D eigenvalue weighted by Gasteiger charge is -2.20. The topological polar surface area (TPSA) is 83.5 Å². The van der Waals surface area contributed by atoms with Gasteiger partial charge < -0.3 is 5.32 Å². The number of Topliss-reactive ketones (excluding diaryl/α,β-unsaturated/α-hetero) is 1. The molecule has 0 heterocycles. The molecule has 2 aromatic carbocycles. The largest absolute Gasteiger partial charge is 0.326 e. The summed E-state index contributed by atoms with van der Waals surface area (Å²) in [5.74, 6) is -0.426. The van der Waals surface area contributed by atoms with Gasteiger partial charge in [-0.1, -0.05) is 51.1 Å². The van der Waals surface area contributed by atoms with Crippen molar-refractivity contribution in [2.45, 2.75) is 51.9 Å². The molecule has 162 valence electrons. The van der Waals surface area contributed by atoms with Crippen LogP contribution < -0.4 is 5.32 Å². The molecule has 0 radical (unpaired) electrons. The molecule has 0 aliphatic heterocycles. The first-order valence-corrected chi connectivity index (χ1v) is 11.7. The van der Waals surface area contributed by atoms with Crippen LogP contribution in [0.15, 0.2) is 47.4 Å². The van der Waals surface area contributed by atoms with E-state index in [1.54, 1.807) is 45.0 Å². The molecule has 0 fully saturated rings. The van der Waals surface area contributed by atoms with Crippen molar-refractivity contribution in [3.8, 4) is 0 Å². The Morgan fingerprint density at radius 3 is 2.13 bits per heavy atom. The SMILES string of the molecule is CCc1ccc(C(=O)CCC(=O)Nc2ccc(C)c(S(=O)(=O)N(CC)CC)c2)cc1. The Morgan fingerprint density at radius 1 is 0.933 bits per heavy atom. The highest BCUT2D eigenvalue weighted by molar-refractivity contribution is 7.89. The molecule has 0 atom stereocenters. The van der Waals surface area contributed by atoms with E-state index >= 15 is 0 Å². The van der Waals surface area contributed by atoms with E-state index in [9.17, 15) is 18.0 Å². The minimum absolute atomic E-state index is 0.0281. The van der Waals surface area contributed by atoms with Gasteiger partial charge >= 0.3 is 0 Å². The molecule has 1 amide bonds. The van der Waals surface area contributed by atoms with Gasteiger partial charge in [-0.2, -0.15) is 4.31 Å². The molecule has 2 aromatic rings. The fourth-order valence-corrected chi connectivity index (χ4v) is 4.89. The van der Waals surface area contributed by atoms with E-state index in [-0.39, 0.29) is 29.4 Å². The zero-order chi connectivity index (χ0) is 22.3. The number of aryl methyl sites for hydroxylation is 2. The summed E-state index contributed by atoms with van der Waals surface area (Å²) in [6.07, 6.45) is 1.02. The monoisotopic (exact) mass is 430 g/mol. The maximum absolute atomic E-state index is 12.8. The molecule has 0 saturated carbocycles. The summed E-state index contributed by atoms with van der Waals surface area (Å²) < 4.78 is 27.1. The van der Waals surface area contributed by atoms with Crippen LogP contribution in [0.3, 0.4) is 0 Å².